The standard InChI is InChI=1S/C14H23N5/c1-11(2)5-15-7-14-10-19(17-12(14)3)9-13-6-16-18(4)8-13/h6,8,10-11,15H,5,7,9H2,1-4H3. The van der Waals surface area contributed by atoms with E-state index in [0.29, 0.717) is 5.92 Å². The molecule has 0 aliphatic heterocycles. The summed E-state index contributed by atoms with van der Waals surface area (Å²) in [5.74, 6) is 0.672. The maximum absolute atomic E-state index is 4.55. The van der Waals surface area contributed by atoms with E-state index < -0.39 is 0 Å². The molecule has 0 aromatic carbocycles. The first kappa shape index (κ1) is 13.8. The second-order valence-electron chi connectivity index (χ2n) is 5.48. The van der Waals surface area contributed by atoms with E-state index in [2.05, 4.69) is 42.5 Å². The quantitative estimate of drug-likeness (QED) is 0.861. The van der Waals surface area contributed by atoms with E-state index in [0.717, 1.165) is 25.3 Å². The third-order valence-corrected chi connectivity index (χ3v) is 3.02. The van der Waals surface area contributed by atoms with Gasteiger partial charge in [0.25, 0.3) is 0 Å². The molecule has 19 heavy (non-hydrogen) atoms. The van der Waals surface area contributed by atoms with Gasteiger partial charge >= 0.3 is 0 Å². The van der Waals surface area contributed by atoms with Gasteiger partial charge < -0.3 is 5.32 Å². The fourth-order valence-corrected chi connectivity index (χ4v) is 2.05. The summed E-state index contributed by atoms with van der Waals surface area (Å²) in [6, 6.07) is 0. The van der Waals surface area contributed by atoms with E-state index in [4.69, 9.17) is 0 Å². The number of hydrogen-bond acceptors (Lipinski definition) is 3. The molecule has 0 radical (unpaired) electrons. The fourth-order valence-electron chi connectivity index (χ4n) is 2.05. The van der Waals surface area contributed by atoms with Crippen molar-refractivity contribution >= 4 is 0 Å². The van der Waals surface area contributed by atoms with Crippen molar-refractivity contribution in [2.24, 2.45) is 13.0 Å². The predicted molar refractivity (Wildman–Crippen MR) is 75.8 cm³/mol. The van der Waals surface area contributed by atoms with E-state index in [-0.39, 0.29) is 0 Å². The lowest BCUT2D eigenvalue weighted by atomic mass is 10.2. The van der Waals surface area contributed by atoms with Gasteiger partial charge in [0.1, 0.15) is 0 Å². The topological polar surface area (TPSA) is 47.7 Å². The highest BCUT2D eigenvalue weighted by Gasteiger charge is 2.06. The maximum atomic E-state index is 4.55. The third-order valence-electron chi connectivity index (χ3n) is 3.02. The summed E-state index contributed by atoms with van der Waals surface area (Å²) in [6.45, 7) is 9.19. The van der Waals surface area contributed by atoms with Crippen molar-refractivity contribution in [1.82, 2.24) is 24.9 Å². The second kappa shape index (κ2) is 6.02. The first-order chi connectivity index (χ1) is 9.04. The Hall–Kier alpha value is -1.62. The molecule has 0 unspecified atom stereocenters. The van der Waals surface area contributed by atoms with E-state index in [1.807, 2.05) is 28.8 Å². The maximum Gasteiger partial charge on any atom is 0.0690 e. The lowest BCUT2D eigenvalue weighted by molar-refractivity contribution is 0.551. The van der Waals surface area contributed by atoms with Crippen molar-refractivity contribution in [3.63, 3.8) is 0 Å². The van der Waals surface area contributed by atoms with Crippen molar-refractivity contribution in [2.75, 3.05) is 6.54 Å². The van der Waals surface area contributed by atoms with E-state index >= 15 is 0 Å². The second-order valence-corrected chi connectivity index (χ2v) is 5.48. The van der Waals surface area contributed by atoms with Gasteiger partial charge in [-0.05, 0) is 19.4 Å². The predicted octanol–water partition coefficient (Wildman–Crippen LogP) is 1.72. The Balaban J connectivity index is 1.96. The van der Waals surface area contributed by atoms with Gasteiger partial charge in [0.15, 0.2) is 0 Å². The van der Waals surface area contributed by atoms with Gasteiger partial charge in [0.2, 0.25) is 0 Å². The number of nitrogens with one attached hydrogen (secondary N) is 1. The average molecular weight is 261 g/mol. The fraction of sp³-hybridized carbons (Fsp3) is 0.571. The normalized spacial score (nSPS) is 11.4. The zero-order chi connectivity index (χ0) is 13.8. The molecule has 0 fully saturated rings. The molecule has 0 saturated heterocycles. The molecule has 2 aromatic rings. The Morgan fingerprint density at radius 3 is 2.74 bits per heavy atom. The van der Waals surface area contributed by atoms with Crippen molar-refractivity contribution in [2.45, 2.75) is 33.9 Å². The van der Waals surface area contributed by atoms with Crippen LogP contribution in [0.25, 0.3) is 0 Å². The van der Waals surface area contributed by atoms with Crippen LogP contribution < -0.4 is 5.32 Å². The molecule has 2 rings (SSSR count). The number of nitrogens with zero attached hydrogens (tertiary/aromatic N) is 4. The zero-order valence-corrected chi connectivity index (χ0v) is 12.2. The molecule has 0 spiro atoms. The van der Waals surface area contributed by atoms with Gasteiger partial charge in [-0.3, -0.25) is 9.36 Å². The number of aryl methyl sites for hydroxylation is 2. The van der Waals surface area contributed by atoms with Crippen LogP contribution in [0.5, 0.6) is 0 Å². The molecular formula is C14H23N5. The molecule has 0 atom stereocenters. The summed E-state index contributed by atoms with van der Waals surface area (Å²) in [5, 5.41) is 12.2. The Kier molecular flexibility index (Phi) is 4.37. The molecule has 0 saturated carbocycles. The van der Waals surface area contributed by atoms with Crippen molar-refractivity contribution < 1.29 is 0 Å². The Morgan fingerprint density at radius 1 is 1.32 bits per heavy atom. The third kappa shape index (κ3) is 3.92. The summed E-state index contributed by atoms with van der Waals surface area (Å²) in [6.07, 6.45) is 6.02. The largest absolute Gasteiger partial charge is 0.312 e. The van der Waals surface area contributed by atoms with Gasteiger partial charge in [-0.1, -0.05) is 13.8 Å². The summed E-state index contributed by atoms with van der Waals surface area (Å²) in [4.78, 5) is 0. The van der Waals surface area contributed by atoms with E-state index in [1.54, 1.807) is 0 Å². The molecule has 0 aliphatic carbocycles. The minimum absolute atomic E-state index is 0.672. The SMILES string of the molecule is Cc1nn(Cc2cnn(C)c2)cc1CNCC(C)C. The smallest absolute Gasteiger partial charge is 0.0690 e. The summed E-state index contributed by atoms with van der Waals surface area (Å²) >= 11 is 0. The van der Waals surface area contributed by atoms with Gasteiger partial charge in [0.05, 0.1) is 18.4 Å². The molecule has 2 heterocycles. The average Bonchev–Trinajstić information content (AvgIpc) is 2.86. The Labute approximate surface area is 114 Å². The minimum Gasteiger partial charge on any atom is -0.312 e. The Bertz CT molecular complexity index is 524. The van der Waals surface area contributed by atoms with Crippen LogP contribution in [0.3, 0.4) is 0 Å². The summed E-state index contributed by atoms with van der Waals surface area (Å²) in [5.41, 5.74) is 3.54. The highest BCUT2D eigenvalue weighted by molar-refractivity contribution is 5.16. The molecule has 2 aromatic heterocycles. The van der Waals surface area contributed by atoms with Crippen LogP contribution in [0.2, 0.25) is 0 Å². The minimum atomic E-state index is 0.672. The summed E-state index contributed by atoms with van der Waals surface area (Å²) in [7, 11) is 1.93. The van der Waals surface area contributed by atoms with E-state index in [9.17, 15) is 0 Å². The van der Waals surface area contributed by atoms with Crippen LogP contribution in [-0.2, 0) is 20.1 Å². The van der Waals surface area contributed by atoms with Gasteiger partial charge in [0, 0.05) is 37.1 Å². The highest BCUT2D eigenvalue weighted by Crippen LogP contribution is 2.08. The molecule has 0 aliphatic rings. The highest BCUT2D eigenvalue weighted by atomic mass is 15.3. The first-order valence-electron chi connectivity index (χ1n) is 6.75. The zero-order valence-electron chi connectivity index (χ0n) is 12.2. The van der Waals surface area contributed by atoms with Crippen LogP contribution in [0.4, 0.5) is 0 Å². The summed E-state index contributed by atoms with van der Waals surface area (Å²) < 4.78 is 3.80. The molecule has 104 valence electrons. The van der Waals surface area contributed by atoms with Crippen molar-refractivity contribution in [3.05, 3.63) is 35.4 Å². The molecule has 5 nitrogen and oxygen atoms in total. The van der Waals surface area contributed by atoms with E-state index in [1.165, 1.54) is 11.1 Å². The van der Waals surface area contributed by atoms with Gasteiger partial charge in [-0.15, -0.1) is 0 Å². The van der Waals surface area contributed by atoms with Gasteiger partial charge in [-0.2, -0.15) is 10.2 Å². The molecule has 0 amide bonds. The first-order valence-corrected chi connectivity index (χ1v) is 6.75. The van der Waals surface area contributed by atoms with Crippen LogP contribution in [0.15, 0.2) is 18.6 Å². The molecule has 1 N–H and O–H groups in total. The monoisotopic (exact) mass is 261 g/mol. The van der Waals surface area contributed by atoms with Crippen molar-refractivity contribution in [1.29, 1.82) is 0 Å². The van der Waals surface area contributed by atoms with Crippen LogP contribution in [-0.4, -0.2) is 26.1 Å². The number of aromatic nitrogens is 4. The van der Waals surface area contributed by atoms with Crippen molar-refractivity contribution in [3.8, 4) is 0 Å². The molecule has 0 bridgehead atoms. The number of rotatable bonds is 6. The lowest BCUT2D eigenvalue weighted by Gasteiger charge is -2.05. The lowest BCUT2D eigenvalue weighted by Crippen LogP contribution is -2.19. The van der Waals surface area contributed by atoms with Crippen LogP contribution in [0, 0.1) is 12.8 Å². The number of hydrogen-bond donors (Lipinski definition) is 1. The van der Waals surface area contributed by atoms with Crippen LogP contribution >= 0.6 is 0 Å². The van der Waals surface area contributed by atoms with Gasteiger partial charge in [-0.25, -0.2) is 0 Å². The molecular weight excluding hydrogens is 238 g/mol. The Morgan fingerprint density at radius 2 is 2.11 bits per heavy atom. The van der Waals surface area contributed by atoms with Crippen LogP contribution in [0.1, 0.15) is 30.7 Å². The molecule has 5 heteroatoms.